The van der Waals surface area contributed by atoms with Crippen LogP contribution in [0.2, 0.25) is 0 Å². The quantitative estimate of drug-likeness (QED) is 0.540. The monoisotopic (exact) mass is 477 g/mol. The summed E-state index contributed by atoms with van der Waals surface area (Å²) in [6.45, 7) is 0.585. The van der Waals surface area contributed by atoms with Crippen molar-refractivity contribution in [3.63, 3.8) is 0 Å². The minimum atomic E-state index is -0.322. The van der Waals surface area contributed by atoms with Gasteiger partial charge in [-0.25, -0.2) is 0 Å². The fourth-order valence-corrected chi connectivity index (χ4v) is 5.00. The summed E-state index contributed by atoms with van der Waals surface area (Å²) in [5, 5.41) is 18.1. The van der Waals surface area contributed by atoms with Crippen LogP contribution in [0.1, 0.15) is 55.1 Å². The molecule has 1 atom stereocenters. The third-order valence-corrected chi connectivity index (χ3v) is 7.28. The van der Waals surface area contributed by atoms with Crippen LogP contribution in [0, 0.1) is 5.92 Å². The number of likely N-dealkylation sites (tertiary alicyclic amines) is 1. The van der Waals surface area contributed by atoms with E-state index in [0.29, 0.717) is 42.1 Å². The van der Waals surface area contributed by atoms with Crippen molar-refractivity contribution in [1.29, 1.82) is 0 Å². The minimum Gasteiger partial charge on any atom is -0.489 e. The molecule has 2 N–H and O–H groups in total. The second kappa shape index (κ2) is 10.0. The molecule has 0 bridgehead atoms. The number of aliphatic hydroxyl groups excluding tert-OH is 1. The topological polar surface area (TPSA) is 110 Å². The van der Waals surface area contributed by atoms with Gasteiger partial charge >= 0.3 is 0 Å². The minimum absolute atomic E-state index is 0.00296. The maximum absolute atomic E-state index is 12.8. The van der Waals surface area contributed by atoms with Gasteiger partial charge in [0, 0.05) is 43.9 Å². The van der Waals surface area contributed by atoms with Crippen LogP contribution >= 0.6 is 0 Å². The lowest BCUT2D eigenvalue weighted by Crippen LogP contribution is -2.33. The van der Waals surface area contributed by atoms with Crippen molar-refractivity contribution in [2.24, 2.45) is 5.92 Å². The first kappa shape index (κ1) is 23.3. The Morgan fingerprint density at radius 1 is 1.20 bits per heavy atom. The van der Waals surface area contributed by atoms with Crippen LogP contribution in [0.3, 0.4) is 0 Å². The van der Waals surface area contributed by atoms with Gasteiger partial charge < -0.3 is 20.1 Å². The maximum atomic E-state index is 12.8. The van der Waals surface area contributed by atoms with E-state index in [0.717, 1.165) is 43.0 Å². The third-order valence-electron chi connectivity index (χ3n) is 7.28. The molecule has 1 saturated heterocycles. The van der Waals surface area contributed by atoms with E-state index in [4.69, 9.17) is 9.84 Å². The number of fused-ring (bicyclic) bond motifs is 1. The normalized spacial score (nSPS) is 22.5. The van der Waals surface area contributed by atoms with E-state index in [1.807, 2.05) is 23.0 Å². The van der Waals surface area contributed by atoms with Gasteiger partial charge in [-0.1, -0.05) is 6.07 Å². The SMILES string of the molecule is CN1C(=O)CC[C@@H]1COc1cc2nn(C3CCC(CO)CC3)cc2cc1NC(=O)c1ccccn1. The number of benzene rings is 1. The van der Waals surface area contributed by atoms with Gasteiger partial charge in [0.15, 0.2) is 0 Å². The number of anilines is 1. The molecule has 184 valence electrons. The van der Waals surface area contributed by atoms with Gasteiger partial charge in [-0.05, 0) is 56.2 Å². The Balaban J connectivity index is 1.41. The van der Waals surface area contributed by atoms with Crippen LogP contribution < -0.4 is 10.1 Å². The molecule has 1 aliphatic heterocycles. The number of aliphatic hydroxyl groups is 1. The van der Waals surface area contributed by atoms with Crippen LogP contribution in [-0.2, 0) is 4.79 Å². The summed E-state index contributed by atoms with van der Waals surface area (Å²) in [5.41, 5.74) is 1.65. The van der Waals surface area contributed by atoms with E-state index in [1.54, 1.807) is 36.3 Å². The largest absolute Gasteiger partial charge is 0.489 e. The molecule has 2 fully saturated rings. The van der Waals surface area contributed by atoms with Crippen LogP contribution in [-0.4, -0.2) is 62.9 Å². The highest BCUT2D eigenvalue weighted by Gasteiger charge is 2.29. The molecule has 0 spiro atoms. The zero-order valence-corrected chi connectivity index (χ0v) is 19.9. The molecule has 5 rings (SSSR count). The van der Waals surface area contributed by atoms with E-state index >= 15 is 0 Å². The van der Waals surface area contributed by atoms with Crippen LogP contribution in [0.4, 0.5) is 5.69 Å². The molecule has 1 aromatic carbocycles. The lowest BCUT2D eigenvalue weighted by atomic mass is 9.87. The summed E-state index contributed by atoms with van der Waals surface area (Å²) < 4.78 is 8.17. The number of amides is 2. The zero-order valence-electron chi connectivity index (χ0n) is 19.9. The van der Waals surface area contributed by atoms with Crippen LogP contribution in [0.25, 0.3) is 10.9 Å². The first-order valence-electron chi connectivity index (χ1n) is 12.3. The number of hydrogen-bond donors (Lipinski definition) is 2. The number of nitrogens with zero attached hydrogens (tertiary/aromatic N) is 4. The molecule has 3 heterocycles. The summed E-state index contributed by atoms with van der Waals surface area (Å²) in [6.07, 6.45) is 8.81. The van der Waals surface area contributed by atoms with Gasteiger partial charge in [0.25, 0.3) is 5.91 Å². The Morgan fingerprint density at radius 2 is 2.03 bits per heavy atom. The molecule has 9 heteroatoms. The molecular formula is C26H31N5O4. The number of likely N-dealkylation sites (N-methyl/N-ethyl adjacent to an activating group) is 1. The molecule has 2 aromatic heterocycles. The van der Waals surface area contributed by atoms with Crippen LogP contribution in [0.15, 0.2) is 42.7 Å². The highest BCUT2D eigenvalue weighted by atomic mass is 16.5. The lowest BCUT2D eigenvalue weighted by Gasteiger charge is -2.27. The fourth-order valence-electron chi connectivity index (χ4n) is 5.00. The van der Waals surface area contributed by atoms with E-state index < -0.39 is 0 Å². The van der Waals surface area contributed by atoms with E-state index in [1.165, 1.54) is 0 Å². The molecular weight excluding hydrogens is 446 g/mol. The predicted molar refractivity (Wildman–Crippen MR) is 131 cm³/mol. The number of hydrogen-bond acceptors (Lipinski definition) is 6. The van der Waals surface area contributed by atoms with Crippen molar-refractivity contribution >= 4 is 28.4 Å². The molecule has 3 aromatic rings. The number of pyridine rings is 1. The average molecular weight is 478 g/mol. The summed E-state index contributed by atoms with van der Waals surface area (Å²) in [7, 11) is 1.80. The number of nitrogens with one attached hydrogen (secondary N) is 1. The smallest absolute Gasteiger partial charge is 0.274 e. The fraction of sp³-hybridized carbons (Fsp3) is 0.462. The van der Waals surface area contributed by atoms with Gasteiger partial charge in [-0.3, -0.25) is 19.3 Å². The number of rotatable bonds is 7. The van der Waals surface area contributed by atoms with Crippen molar-refractivity contribution in [2.45, 2.75) is 50.6 Å². The number of aromatic nitrogens is 3. The summed E-state index contributed by atoms with van der Waals surface area (Å²) >= 11 is 0. The lowest BCUT2D eigenvalue weighted by molar-refractivity contribution is -0.127. The standard InChI is InChI=1S/C26H31N5O4/c1-30-20(9-10-25(30)33)16-35-24-13-22-18(12-23(24)28-26(34)21-4-2-3-11-27-21)14-31(29-22)19-7-5-17(15-32)6-8-19/h2-4,11-14,17,19-20,32H,5-10,15-16H2,1H3,(H,28,34)/t17?,19?,20-/m1/s1. The second-order valence-electron chi connectivity index (χ2n) is 9.55. The van der Waals surface area contributed by atoms with Gasteiger partial charge in [-0.15, -0.1) is 0 Å². The van der Waals surface area contributed by atoms with Gasteiger partial charge in [-0.2, -0.15) is 5.10 Å². The van der Waals surface area contributed by atoms with Crippen molar-refractivity contribution in [2.75, 3.05) is 25.6 Å². The molecule has 1 aliphatic carbocycles. The van der Waals surface area contributed by atoms with E-state index in [9.17, 15) is 14.7 Å². The Hall–Kier alpha value is -3.46. The summed E-state index contributed by atoms with van der Waals surface area (Å²) in [6, 6.07) is 9.22. The molecule has 0 radical (unpaired) electrons. The van der Waals surface area contributed by atoms with E-state index in [-0.39, 0.29) is 24.5 Å². The van der Waals surface area contributed by atoms with Crippen LogP contribution in [0.5, 0.6) is 5.75 Å². The number of carbonyl (C=O) groups excluding carboxylic acids is 2. The second-order valence-corrected chi connectivity index (χ2v) is 9.55. The first-order chi connectivity index (χ1) is 17.0. The number of carbonyl (C=O) groups is 2. The zero-order chi connectivity index (χ0) is 24.4. The highest BCUT2D eigenvalue weighted by Crippen LogP contribution is 2.35. The molecule has 2 aliphatic rings. The van der Waals surface area contributed by atoms with Gasteiger partial charge in [0.1, 0.15) is 18.1 Å². The molecule has 0 unspecified atom stereocenters. The molecule has 9 nitrogen and oxygen atoms in total. The summed E-state index contributed by atoms with van der Waals surface area (Å²) in [4.78, 5) is 30.6. The van der Waals surface area contributed by atoms with Gasteiger partial charge in [0.05, 0.1) is 23.3 Å². The average Bonchev–Trinajstić information content (AvgIpc) is 3.45. The van der Waals surface area contributed by atoms with Crippen molar-refractivity contribution < 1.29 is 19.4 Å². The molecule has 2 amide bonds. The number of ether oxygens (including phenoxy) is 1. The maximum Gasteiger partial charge on any atom is 0.274 e. The third kappa shape index (κ3) is 5.00. The van der Waals surface area contributed by atoms with Crippen molar-refractivity contribution in [3.05, 3.63) is 48.4 Å². The van der Waals surface area contributed by atoms with Gasteiger partial charge in [0.2, 0.25) is 5.91 Å². The molecule has 35 heavy (non-hydrogen) atoms. The first-order valence-corrected chi connectivity index (χ1v) is 12.3. The van der Waals surface area contributed by atoms with Crippen molar-refractivity contribution in [1.82, 2.24) is 19.7 Å². The Bertz CT molecular complexity index is 1200. The summed E-state index contributed by atoms with van der Waals surface area (Å²) in [5.74, 6) is 0.694. The Kier molecular flexibility index (Phi) is 6.68. The van der Waals surface area contributed by atoms with Crippen molar-refractivity contribution in [3.8, 4) is 5.75 Å². The molecule has 1 saturated carbocycles. The Labute approximate surface area is 204 Å². The Morgan fingerprint density at radius 3 is 2.71 bits per heavy atom. The predicted octanol–water partition coefficient (Wildman–Crippen LogP) is 3.41. The van der Waals surface area contributed by atoms with E-state index in [2.05, 4.69) is 10.3 Å². The highest BCUT2D eigenvalue weighted by molar-refractivity contribution is 6.05.